The van der Waals surface area contributed by atoms with E-state index in [1.807, 2.05) is 0 Å². The number of benzene rings is 1. The Bertz CT molecular complexity index is 386. The van der Waals surface area contributed by atoms with Crippen LogP contribution in [0.4, 0.5) is 0 Å². The molecular weight excluding hydrogens is 231 g/mol. The Labute approximate surface area is 110 Å². The van der Waals surface area contributed by atoms with Crippen LogP contribution in [0.25, 0.3) is 0 Å². The summed E-state index contributed by atoms with van der Waals surface area (Å²) >= 11 is 0. The number of aliphatic hydroxyl groups excluding tert-OH is 1. The van der Waals surface area contributed by atoms with Crippen molar-refractivity contribution in [1.82, 2.24) is 0 Å². The fraction of sp³-hybridized carbons (Fsp3) is 0.250. The first-order valence-corrected chi connectivity index (χ1v) is 5.20. The number of rotatable bonds is 4. The Morgan fingerprint density at radius 3 is 2.20 bits per heavy atom. The first-order valence-electron chi connectivity index (χ1n) is 3.86. The minimum Gasteiger partial charge on any atom is -0.716 e. The molecule has 0 aromatic heterocycles. The number of aliphatic hydroxyl groups is 1. The van der Waals surface area contributed by atoms with E-state index in [0.29, 0.717) is 6.42 Å². The molecule has 0 atom stereocenters. The van der Waals surface area contributed by atoms with E-state index >= 15 is 0 Å². The summed E-state index contributed by atoms with van der Waals surface area (Å²) in [4.78, 5) is 0. The van der Waals surface area contributed by atoms with Gasteiger partial charge in [-0.3, -0.25) is 0 Å². The van der Waals surface area contributed by atoms with Gasteiger partial charge in [0.15, 0.2) is 0 Å². The van der Waals surface area contributed by atoms with Gasteiger partial charge in [0.1, 0.15) is 5.75 Å². The van der Waals surface area contributed by atoms with Crippen LogP contribution in [-0.2, 0) is 16.8 Å². The van der Waals surface area contributed by atoms with Gasteiger partial charge in [-0.1, -0.05) is 12.1 Å². The van der Waals surface area contributed by atoms with Gasteiger partial charge in [-0.15, -0.1) is 0 Å². The number of hydrogen-bond donors (Lipinski definition) is 1. The Kier molecular flexibility index (Phi) is 6.42. The van der Waals surface area contributed by atoms with Gasteiger partial charge < -0.3 is 13.8 Å². The van der Waals surface area contributed by atoms with Crippen LogP contribution >= 0.6 is 0 Å². The van der Waals surface area contributed by atoms with E-state index in [4.69, 9.17) is 5.11 Å². The molecule has 0 aliphatic rings. The Morgan fingerprint density at radius 1 is 1.27 bits per heavy atom. The van der Waals surface area contributed by atoms with Crippen molar-refractivity contribution in [1.29, 1.82) is 0 Å². The molecule has 1 aromatic rings. The van der Waals surface area contributed by atoms with Crippen LogP contribution in [0, 0.1) is 0 Å². The molecule has 0 aliphatic carbocycles. The molecule has 5 nitrogen and oxygen atoms in total. The first kappa shape index (κ1) is 14.9. The van der Waals surface area contributed by atoms with E-state index in [2.05, 4.69) is 4.18 Å². The zero-order valence-corrected chi connectivity index (χ0v) is 11.0. The topological polar surface area (TPSA) is 86.7 Å². The van der Waals surface area contributed by atoms with Crippen molar-refractivity contribution in [2.45, 2.75) is 6.42 Å². The summed E-state index contributed by atoms with van der Waals surface area (Å²) in [5, 5.41) is 8.60. The third-order valence-corrected chi connectivity index (χ3v) is 1.92. The summed E-state index contributed by atoms with van der Waals surface area (Å²) in [5.74, 6) is -0.0262. The van der Waals surface area contributed by atoms with Crippen molar-refractivity contribution < 1.29 is 51.8 Å². The van der Waals surface area contributed by atoms with Crippen LogP contribution in [0.15, 0.2) is 24.3 Å². The summed E-state index contributed by atoms with van der Waals surface area (Å²) in [7, 11) is -4.70. The monoisotopic (exact) mass is 240 g/mol. The van der Waals surface area contributed by atoms with Crippen molar-refractivity contribution in [3.05, 3.63) is 29.8 Å². The predicted molar refractivity (Wildman–Crippen MR) is 47.6 cm³/mol. The molecular formula is C8H9NaO5S. The SMILES string of the molecule is O=S(=O)([O-])Oc1ccc(CCO)cc1.[Na+]. The van der Waals surface area contributed by atoms with E-state index in [-0.39, 0.29) is 41.9 Å². The van der Waals surface area contributed by atoms with Crippen molar-refractivity contribution in [3.63, 3.8) is 0 Å². The van der Waals surface area contributed by atoms with Crippen molar-refractivity contribution in [2.75, 3.05) is 6.61 Å². The van der Waals surface area contributed by atoms with Crippen LogP contribution in [0.1, 0.15) is 5.56 Å². The fourth-order valence-corrected chi connectivity index (χ4v) is 1.31. The predicted octanol–water partition coefficient (Wildman–Crippen LogP) is -2.94. The van der Waals surface area contributed by atoms with Crippen molar-refractivity contribution in [3.8, 4) is 5.75 Å². The molecule has 0 unspecified atom stereocenters. The molecule has 0 bridgehead atoms. The molecule has 0 saturated carbocycles. The fourth-order valence-electron chi connectivity index (χ4n) is 0.959. The molecule has 0 radical (unpaired) electrons. The quantitative estimate of drug-likeness (QED) is 0.346. The maximum Gasteiger partial charge on any atom is 1.00 e. The Hall–Kier alpha value is -0.110. The largest absolute Gasteiger partial charge is 1.00 e. The zero-order chi connectivity index (χ0) is 10.6. The van der Waals surface area contributed by atoms with Crippen LogP contribution in [0.5, 0.6) is 5.75 Å². The van der Waals surface area contributed by atoms with Gasteiger partial charge >= 0.3 is 29.6 Å². The minimum atomic E-state index is -4.70. The van der Waals surface area contributed by atoms with Crippen LogP contribution in [-0.4, -0.2) is 24.7 Å². The maximum atomic E-state index is 10.2. The van der Waals surface area contributed by atoms with Crippen molar-refractivity contribution in [2.24, 2.45) is 0 Å². The van der Waals surface area contributed by atoms with Crippen molar-refractivity contribution >= 4 is 10.4 Å². The van der Waals surface area contributed by atoms with Gasteiger partial charge in [0.2, 0.25) is 0 Å². The third-order valence-electron chi connectivity index (χ3n) is 1.52. The molecule has 0 amide bonds. The van der Waals surface area contributed by atoms with Crippen LogP contribution < -0.4 is 33.7 Å². The summed E-state index contributed by atoms with van der Waals surface area (Å²) in [6, 6.07) is 5.88. The normalized spacial score (nSPS) is 10.5. The van der Waals surface area contributed by atoms with Gasteiger partial charge in [-0.2, -0.15) is 0 Å². The molecule has 0 heterocycles. The smallest absolute Gasteiger partial charge is 0.716 e. The van der Waals surface area contributed by atoms with E-state index in [0.717, 1.165) is 5.56 Å². The maximum absolute atomic E-state index is 10.2. The average Bonchev–Trinajstić information content (AvgIpc) is 2.06. The second kappa shape index (κ2) is 6.47. The van der Waals surface area contributed by atoms with Crippen LogP contribution in [0.3, 0.4) is 0 Å². The molecule has 0 fully saturated rings. The summed E-state index contributed by atoms with van der Waals surface area (Å²) in [6.45, 7) is 0.0139. The van der Waals surface area contributed by atoms with Gasteiger partial charge in [0.05, 0.1) is 0 Å². The Balaban J connectivity index is 0.00000196. The second-order valence-corrected chi connectivity index (χ2v) is 3.59. The van der Waals surface area contributed by atoms with E-state index in [1.165, 1.54) is 12.1 Å². The Morgan fingerprint density at radius 2 is 1.80 bits per heavy atom. The van der Waals surface area contributed by atoms with Gasteiger partial charge in [0, 0.05) is 6.61 Å². The summed E-state index contributed by atoms with van der Waals surface area (Å²) in [6.07, 6.45) is 0.477. The molecule has 1 aromatic carbocycles. The number of hydrogen-bond acceptors (Lipinski definition) is 5. The molecule has 0 spiro atoms. The molecule has 0 aliphatic heterocycles. The van der Waals surface area contributed by atoms with Gasteiger partial charge in [0.25, 0.3) is 10.4 Å². The van der Waals surface area contributed by atoms with Crippen LogP contribution in [0.2, 0.25) is 0 Å². The zero-order valence-electron chi connectivity index (χ0n) is 8.21. The molecule has 78 valence electrons. The minimum absolute atomic E-state index is 0. The van der Waals surface area contributed by atoms with E-state index < -0.39 is 10.4 Å². The molecule has 0 saturated heterocycles. The molecule has 1 rings (SSSR count). The second-order valence-electron chi connectivity index (χ2n) is 2.61. The third kappa shape index (κ3) is 6.14. The first-order chi connectivity index (χ1) is 6.51. The molecule has 7 heteroatoms. The van der Waals surface area contributed by atoms with Gasteiger partial charge in [-0.05, 0) is 24.1 Å². The summed E-state index contributed by atoms with van der Waals surface area (Å²) < 4.78 is 34.7. The van der Waals surface area contributed by atoms with Gasteiger partial charge in [-0.25, -0.2) is 8.42 Å². The molecule has 15 heavy (non-hydrogen) atoms. The van der Waals surface area contributed by atoms with E-state index in [1.54, 1.807) is 12.1 Å². The molecule has 1 N–H and O–H groups in total. The standard InChI is InChI=1S/C8H10O5S.Na/c9-6-5-7-1-3-8(4-2-7)13-14(10,11)12;/h1-4,9H,5-6H2,(H,10,11,12);/q;+1/p-1. The summed E-state index contributed by atoms with van der Waals surface area (Å²) in [5.41, 5.74) is 0.836. The van der Waals surface area contributed by atoms with E-state index in [9.17, 15) is 13.0 Å². The average molecular weight is 240 g/mol.